The van der Waals surface area contributed by atoms with E-state index in [2.05, 4.69) is 54.2 Å². The number of amides is 1. The van der Waals surface area contributed by atoms with Crippen LogP contribution in [0.5, 0.6) is 0 Å². The number of anilines is 4. The number of morpholine rings is 1. The molecule has 0 radical (unpaired) electrons. The lowest BCUT2D eigenvalue weighted by Crippen LogP contribution is -2.54. The van der Waals surface area contributed by atoms with Gasteiger partial charge in [-0.2, -0.15) is 0 Å². The molecular formula is C29H38N4O3. The molecule has 2 bridgehead atoms. The van der Waals surface area contributed by atoms with Crippen molar-refractivity contribution in [1.29, 1.82) is 0 Å². The van der Waals surface area contributed by atoms with Gasteiger partial charge >= 0.3 is 0 Å². The van der Waals surface area contributed by atoms with Gasteiger partial charge in [0.15, 0.2) is 0 Å². The highest BCUT2D eigenvalue weighted by Gasteiger charge is 2.37. The average molecular weight is 491 g/mol. The summed E-state index contributed by atoms with van der Waals surface area (Å²) in [7, 11) is 0. The molecule has 0 spiro atoms. The van der Waals surface area contributed by atoms with Gasteiger partial charge in [-0.15, -0.1) is 0 Å². The molecule has 1 N–H and O–H groups in total. The van der Waals surface area contributed by atoms with Crippen LogP contribution in [0, 0.1) is 12.8 Å². The molecular weight excluding hydrogens is 452 g/mol. The van der Waals surface area contributed by atoms with E-state index in [9.17, 15) is 4.79 Å². The second-order valence-electron chi connectivity index (χ2n) is 11.2. The number of nitrogens with one attached hydrogen (secondary N) is 1. The molecule has 0 unspecified atom stereocenters. The number of hydrogen-bond acceptors (Lipinski definition) is 6. The normalized spacial score (nSPS) is 27.3. The van der Waals surface area contributed by atoms with E-state index < -0.39 is 0 Å². The molecule has 36 heavy (non-hydrogen) atoms. The fourth-order valence-electron chi connectivity index (χ4n) is 6.47. The minimum atomic E-state index is 0.0206. The van der Waals surface area contributed by atoms with E-state index in [1.54, 1.807) is 0 Å². The van der Waals surface area contributed by atoms with Gasteiger partial charge in [0.1, 0.15) is 5.82 Å². The van der Waals surface area contributed by atoms with E-state index in [1.165, 1.54) is 17.7 Å². The standard InChI is InChI=1S/C29H38N4O3/c1-18(2)36-23-9-6-20(7-10-23)29(34)33-15-21-5-4-12-30-28(21)31-25-13-19(3)26(14-27(25)33)32-16-24-11-8-22(32)17-35-24/h4-5,12-14,18,20,22-24H,6-11,15-17H2,1-3H3,(H,30,31)/t20-,22-,23-,24-/m0/s1. The molecule has 192 valence electrons. The summed E-state index contributed by atoms with van der Waals surface area (Å²) in [6, 6.07) is 8.88. The summed E-state index contributed by atoms with van der Waals surface area (Å²) in [4.78, 5) is 23.2. The second-order valence-corrected chi connectivity index (χ2v) is 11.2. The maximum atomic E-state index is 14.1. The van der Waals surface area contributed by atoms with Crippen LogP contribution in [-0.2, 0) is 20.8 Å². The Kier molecular flexibility index (Phi) is 6.38. The fraction of sp³-hybridized carbons (Fsp3) is 0.586. The SMILES string of the molecule is Cc1cc2c(cc1N1C[C@@H]3CC[C@H]1CO3)N(C(=O)[C@H]1CC[C@H](OC(C)C)CC1)Cc1cccnc1N2. The fourth-order valence-corrected chi connectivity index (χ4v) is 6.47. The first kappa shape index (κ1) is 23.7. The number of pyridine rings is 1. The number of carbonyl (C=O) groups excluding carboxylic acids is 1. The summed E-state index contributed by atoms with van der Waals surface area (Å²) in [5.74, 6) is 1.07. The Hall–Kier alpha value is -2.64. The summed E-state index contributed by atoms with van der Waals surface area (Å²) < 4.78 is 12.0. The van der Waals surface area contributed by atoms with E-state index >= 15 is 0 Å². The van der Waals surface area contributed by atoms with E-state index in [0.29, 0.717) is 18.7 Å². The number of rotatable bonds is 4. The lowest BCUT2D eigenvalue weighted by atomic mass is 9.86. The second kappa shape index (κ2) is 9.67. The van der Waals surface area contributed by atoms with Crippen molar-refractivity contribution in [3.05, 3.63) is 41.6 Å². The summed E-state index contributed by atoms with van der Waals surface area (Å²) in [6.07, 6.45) is 8.56. The first-order valence-corrected chi connectivity index (χ1v) is 13.7. The van der Waals surface area contributed by atoms with Gasteiger partial charge in [0, 0.05) is 29.9 Å². The molecule has 1 saturated carbocycles. The van der Waals surface area contributed by atoms with Crippen LogP contribution in [0.4, 0.5) is 22.9 Å². The molecule has 1 aromatic carbocycles. The van der Waals surface area contributed by atoms with Gasteiger partial charge in [-0.05, 0) is 83.1 Å². The maximum Gasteiger partial charge on any atom is 0.230 e. The Morgan fingerprint density at radius 2 is 1.97 bits per heavy atom. The number of benzene rings is 1. The van der Waals surface area contributed by atoms with Gasteiger partial charge in [0.2, 0.25) is 5.91 Å². The molecule has 2 aromatic rings. The number of carbonyl (C=O) groups is 1. The lowest BCUT2D eigenvalue weighted by molar-refractivity contribution is -0.124. The third-order valence-corrected chi connectivity index (χ3v) is 8.33. The molecule has 2 atom stereocenters. The molecule has 1 aromatic heterocycles. The average Bonchev–Trinajstić information content (AvgIpc) is 3.05. The van der Waals surface area contributed by atoms with Crippen LogP contribution in [0.25, 0.3) is 0 Å². The highest BCUT2D eigenvalue weighted by Crippen LogP contribution is 2.43. The van der Waals surface area contributed by atoms with Crippen molar-refractivity contribution in [2.75, 3.05) is 28.3 Å². The molecule has 7 rings (SSSR count). The monoisotopic (exact) mass is 490 g/mol. The number of fused-ring (bicyclic) bond motifs is 5. The minimum Gasteiger partial charge on any atom is -0.376 e. The summed E-state index contributed by atoms with van der Waals surface area (Å²) in [6.45, 7) is 8.59. The number of nitrogens with zero attached hydrogens (tertiary/aromatic N) is 3. The first-order valence-electron chi connectivity index (χ1n) is 13.7. The smallest absolute Gasteiger partial charge is 0.230 e. The van der Waals surface area contributed by atoms with Crippen LogP contribution in [0.1, 0.15) is 63.5 Å². The number of hydrogen-bond donors (Lipinski definition) is 1. The Labute approximate surface area is 214 Å². The largest absolute Gasteiger partial charge is 0.376 e. The van der Waals surface area contributed by atoms with Crippen LogP contribution in [-0.4, -0.2) is 48.4 Å². The topological polar surface area (TPSA) is 66.9 Å². The zero-order valence-corrected chi connectivity index (χ0v) is 21.7. The summed E-state index contributed by atoms with van der Waals surface area (Å²) in [5, 5.41) is 3.56. The quantitative estimate of drug-likeness (QED) is 0.625. The van der Waals surface area contributed by atoms with Gasteiger partial charge in [-0.25, -0.2) is 4.98 Å². The van der Waals surface area contributed by atoms with Crippen molar-refractivity contribution in [2.24, 2.45) is 5.92 Å². The number of piperidine rings is 1. The molecule has 1 amide bonds. The predicted molar refractivity (Wildman–Crippen MR) is 142 cm³/mol. The molecule has 5 aliphatic rings. The number of aryl methyl sites for hydroxylation is 1. The third-order valence-electron chi connectivity index (χ3n) is 8.33. The van der Waals surface area contributed by atoms with Crippen LogP contribution in [0.3, 0.4) is 0 Å². The van der Waals surface area contributed by atoms with Crippen LogP contribution in [0.2, 0.25) is 0 Å². The van der Waals surface area contributed by atoms with Crippen LogP contribution in [0.15, 0.2) is 30.5 Å². The van der Waals surface area contributed by atoms with E-state index in [4.69, 9.17) is 9.47 Å². The molecule has 5 heterocycles. The van der Waals surface area contributed by atoms with E-state index in [1.807, 2.05) is 17.2 Å². The Bertz CT molecular complexity index is 1120. The molecule has 7 heteroatoms. The van der Waals surface area contributed by atoms with E-state index in [0.717, 1.165) is 68.0 Å². The van der Waals surface area contributed by atoms with E-state index in [-0.39, 0.29) is 24.0 Å². The van der Waals surface area contributed by atoms with Crippen molar-refractivity contribution >= 4 is 28.8 Å². The molecule has 4 fully saturated rings. The van der Waals surface area contributed by atoms with Crippen molar-refractivity contribution in [3.63, 3.8) is 0 Å². The Balaban J connectivity index is 1.33. The Morgan fingerprint density at radius 3 is 2.67 bits per heavy atom. The zero-order chi connectivity index (χ0) is 24.8. The van der Waals surface area contributed by atoms with Gasteiger partial charge < -0.3 is 24.6 Å². The van der Waals surface area contributed by atoms with Gasteiger partial charge in [-0.1, -0.05) is 6.07 Å². The molecule has 4 aliphatic heterocycles. The number of aromatic nitrogens is 1. The minimum absolute atomic E-state index is 0.0206. The Morgan fingerprint density at radius 1 is 1.14 bits per heavy atom. The third kappa shape index (κ3) is 4.48. The van der Waals surface area contributed by atoms with Crippen molar-refractivity contribution in [3.8, 4) is 0 Å². The predicted octanol–water partition coefficient (Wildman–Crippen LogP) is 5.33. The highest BCUT2D eigenvalue weighted by molar-refractivity contribution is 6.00. The first-order chi connectivity index (χ1) is 17.5. The van der Waals surface area contributed by atoms with Crippen molar-refractivity contribution in [2.45, 2.75) is 90.2 Å². The summed E-state index contributed by atoms with van der Waals surface area (Å²) in [5.41, 5.74) is 5.40. The van der Waals surface area contributed by atoms with Crippen molar-refractivity contribution in [1.82, 2.24) is 4.98 Å². The zero-order valence-electron chi connectivity index (χ0n) is 21.7. The molecule has 1 aliphatic carbocycles. The summed E-state index contributed by atoms with van der Waals surface area (Å²) >= 11 is 0. The lowest BCUT2D eigenvalue weighted by Gasteiger charge is -2.47. The molecule has 3 saturated heterocycles. The van der Waals surface area contributed by atoms with Gasteiger partial charge in [-0.3, -0.25) is 4.79 Å². The maximum absolute atomic E-state index is 14.1. The van der Waals surface area contributed by atoms with Gasteiger partial charge in [0.05, 0.1) is 48.9 Å². The van der Waals surface area contributed by atoms with Crippen molar-refractivity contribution < 1.29 is 14.3 Å². The molecule has 7 nitrogen and oxygen atoms in total. The van der Waals surface area contributed by atoms with Gasteiger partial charge in [0.25, 0.3) is 0 Å². The van der Waals surface area contributed by atoms with Crippen LogP contribution < -0.4 is 15.1 Å². The van der Waals surface area contributed by atoms with Crippen LogP contribution >= 0.6 is 0 Å². The highest BCUT2D eigenvalue weighted by atomic mass is 16.5. The number of ether oxygens (including phenoxy) is 2.